The zero-order chi connectivity index (χ0) is 24.9. The average molecular weight is 476 g/mol. The van der Waals surface area contributed by atoms with Gasteiger partial charge in [-0.3, -0.25) is 24.9 Å². The van der Waals surface area contributed by atoms with Gasteiger partial charge in [0, 0.05) is 25.0 Å². The summed E-state index contributed by atoms with van der Waals surface area (Å²) in [5.41, 5.74) is 5.62. The van der Waals surface area contributed by atoms with Gasteiger partial charge in [-0.1, -0.05) is 60.7 Å². The zero-order valence-electron chi connectivity index (χ0n) is 18.8. The van der Waals surface area contributed by atoms with Gasteiger partial charge in [-0.05, 0) is 34.2 Å². The Morgan fingerprint density at radius 2 is 1.77 bits per heavy atom. The van der Waals surface area contributed by atoms with Gasteiger partial charge in [0.15, 0.2) is 0 Å². The molecule has 3 aromatic rings. The van der Waals surface area contributed by atoms with E-state index in [2.05, 4.69) is 5.32 Å². The lowest BCUT2D eigenvalue weighted by Crippen LogP contribution is -2.40. The molecule has 180 valence electrons. The lowest BCUT2D eigenvalue weighted by Gasteiger charge is -2.22. The van der Waals surface area contributed by atoms with Crippen molar-refractivity contribution in [2.75, 3.05) is 0 Å². The Labute approximate surface area is 201 Å². The van der Waals surface area contributed by atoms with Crippen molar-refractivity contribution in [2.45, 2.75) is 31.4 Å². The molecular weight excluding hydrogens is 450 g/mol. The number of hydrogen-bond donors (Lipinski definition) is 4. The maximum Gasteiger partial charge on any atom is 0.270 e. The molecule has 4 rings (SSSR count). The second kappa shape index (κ2) is 10.5. The largest absolute Gasteiger partial charge is 0.390 e. The lowest BCUT2D eigenvalue weighted by molar-refractivity contribution is -0.384. The van der Waals surface area contributed by atoms with Gasteiger partial charge in [0.25, 0.3) is 5.69 Å². The smallest absolute Gasteiger partial charge is 0.270 e. The van der Waals surface area contributed by atoms with Crippen LogP contribution in [0.4, 0.5) is 5.69 Å². The highest BCUT2D eigenvalue weighted by molar-refractivity contribution is 5.86. The molecule has 9 nitrogen and oxygen atoms in total. The Kier molecular flexibility index (Phi) is 7.19. The number of hydrogen-bond acceptors (Lipinski definition) is 6. The number of carbonyl (C=O) groups is 2. The first kappa shape index (κ1) is 24.1. The molecule has 35 heavy (non-hydrogen) atoms. The minimum atomic E-state index is -0.786. The molecular formula is C26H25N3O6. The summed E-state index contributed by atoms with van der Waals surface area (Å²) in [5, 5.41) is 33.4. The number of aliphatic hydroxyl groups is 1. The van der Waals surface area contributed by atoms with Gasteiger partial charge in [-0.25, -0.2) is 5.48 Å². The Balaban J connectivity index is 1.50. The van der Waals surface area contributed by atoms with E-state index in [1.165, 1.54) is 12.1 Å². The van der Waals surface area contributed by atoms with E-state index in [4.69, 9.17) is 5.21 Å². The van der Waals surface area contributed by atoms with Crippen molar-refractivity contribution in [2.24, 2.45) is 5.92 Å². The van der Waals surface area contributed by atoms with Crippen LogP contribution in [0.15, 0.2) is 72.8 Å². The van der Waals surface area contributed by atoms with Crippen LogP contribution in [0.5, 0.6) is 0 Å². The van der Waals surface area contributed by atoms with Crippen LogP contribution in [-0.4, -0.2) is 33.2 Å². The first-order valence-electron chi connectivity index (χ1n) is 11.2. The van der Waals surface area contributed by atoms with Crippen LogP contribution < -0.4 is 10.8 Å². The number of benzene rings is 3. The number of non-ortho nitro benzene ring substituents is 1. The summed E-state index contributed by atoms with van der Waals surface area (Å²) in [6, 6.07) is 20.4. The predicted molar refractivity (Wildman–Crippen MR) is 127 cm³/mol. The van der Waals surface area contributed by atoms with Crippen molar-refractivity contribution >= 4 is 17.5 Å². The molecule has 1 aliphatic rings. The summed E-state index contributed by atoms with van der Waals surface area (Å²) in [6.45, 7) is 0. The van der Waals surface area contributed by atoms with E-state index in [1.807, 2.05) is 24.3 Å². The van der Waals surface area contributed by atoms with E-state index in [1.54, 1.807) is 41.9 Å². The lowest BCUT2D eigenvalue weighted by atomic mass is 9.93. The van der Waals surface area contributed by atoms with Crippen molar-refractivity contribution in [3.05, 3.63) is 99.6 Å². The van der Waals surface area contributed by atoms with E-state index in [-0.39, 0.29) is 18.5 Å². The molecule has 1 aliphatic carbocycles. The van der Waals surface area contributed by atoms with Crippen LogP contribution >= 0.6 is 0 Å². The van der Waals surface area contributed by atoms with Crippen molar-refractivity contribution in [3.63, 3.8) is 0 Å². The molecule has 3 atom stereocenters. The first-order valence-corrected chi connectivity index (χ1v) is 11.2. The minimum absolute atomic E-state index is 0.00555. The maximum atomic E-state index is 13.2. The molecule has 2 amide bonds. The van der Waals surface area contributed by atoms with Crippen LogP contribution in [0.2, 0.25) is 0 Å². The number of carbonyl (C=O) groups excluding carboxylic acids is 2. The highest BCUT2D eigenvalue weighted by Gasteiger charge is 2.34. The normalized spacial score (nSPS) is 17.3. The van der Waals surface area contributed by atoms with Gasteiger partial charge in [0.05, 0.1) is 23.0 Å². The Hall–Kier alpha value is -4.08. The molecule has 4 N–H and O–H groups in total. The molecule has 0 bridgehead atoms. The van der Waals surface area contributed by atoms with Crippen LogP contribution in [0.1, 0.15) is 29.2 Å². The van der Waals surface area contributed by atoms with Gasteiger partial charge in [0.2, 0.25) is 11.8 Å². The van der Waals surface area contributed by atoms with Gasteiger partial charge < -0.3 is 10.4 Å². The summed E-state index contributed by atoms with van der Waals surface area (Å²) in [7, 11) is 0. The first-order chi connectivity index (χ1) is 16.9. The molecule has 0 saturated heterocycles. The van der Waals surface area contributed by atoms with Gasteiger partial charge in [-0.15, -0.1) is 0 Å². The summed E-state index contributed by atoms with van der Waals surface area (Å²) >= 11 is 0. The van der Waals surface area contributed by atoms with Gasteiger partial charge >= 0.3 is 0 Å². The number of nitro groups is 1. The summed E-state index contributed by atoms with van der Waals surface area (Å²) in [6.07, 6.45) is -0.349. The van der Waals surface area contributed by atoms with E-state index in [9.17, 15) is 24.8 Å². The second-order valence-electron chi connectivity index (χ2n) is 8.60. The predicted octanol–water partition coefficient (Wildman–Crippen LogP) is 3.09. The third-order valence-electron chi connectivity index (χ3n) is 6.26. The Morgan fingerprint density at radius 3 is 2.49 bits per heavy atom. The summed E-state index contributed by atoms with van der Waals surface area (Å²) in [5.74, 6) is -1.88. The standard InChI is InChI=1S/C26H25N3O6/c30-23-14-19-4-1-2-7-22(19)25(23)27-26(32)20(15-24(31)28-33)12-16-8-10-17(11-9-16)18-5-3-6-21(13-18)29(34)35/h1-11,13,20,23,25,30,33H,12,14-15H2,(H,27,32)(H,28,31). The number of aliphatic hydroxyl groups excluding tert-OH is 1. The zero-order valence-corrected chi connectivity index (χ0v) is 18.8. The van der Waals surface area contributed by atoms with Crippen LogP contribution in [0, 0.1) is 16.0 Å². The Bertz CT molecular complexity index is 1240. The van der Waals surface area contributed by atoms with Crippen LogP contribution in [-0.2, 0) is 22.4 Å². The van der Waals surface area contributed by atoms with Gasteiger partial charge in [-0.2, -0.15) is 0 Å². The summed E-state index contributed by atoms with van der Waals surface area (Å²) < 4.78 is 0. The van der Waals surface area contributed by atoms with Crippen molar-refractivity contribution < 1.29 is 24.8 Å². The number of rotatable bonds is 8. The average Bonchev–Trinajstić information content (AvgIpc) is 3.18. The second-order valence-corrected chi connectivity index (χ2v) is 8.60. The number of nitrogens with zero attached hydrogens (tertiary/aromatic N) is 1. The molecule has 0 radical (unpaired) electrons. The monoisotopic (exact) mass is 475 g/mol. The number of hydroxylamine groups is 1. The van der Waals surface area contributed by atoms with Gasteiger partial charge in [0.1, 0.15) is 0 Å². The van der Waals surface area contributed by atoms with E-state index < -0.39 is 34.8 Å². The highest BCUT2D eigenvalue weighted by Crippen LogP contribution is 2.32. The number of fused-ring (bicyclic) bond motifs is 1. The fourth-order valence-electron chi connectivity index (χ4n) is 4.46. The molecule has 0 fully saturated rings. The quantitative estimate of drug-likeness (QED) is 0.224. The molecule has 0 saturated carbocycles. The van der Waals surface area contributed by atoms with E-state index in [0.29, 0.717) is 12.0 Å². The molecule has 0 aromatic heterocycles. The van der Waals surface area contributed by atoms with Crippen molar-refractivity contribution in [3.8, 4) is 11.1 Å². The summed E-state index contributed by atoms with van der Waals surface area (Å²) in [4.78, 5) is 35.6. The number of nitrogens with one attached hydrogen (secondary N) is 2. The molecule has 0 spiro atoms. The van der Waals surface area contributed by atoms with Crippen LogP contribution in [0.25, 0.3) is 11.1 Å². The van der Waals surface area contributed by atoms with E-state index in [0.717, 1.165) is 22.3 Å². The minimum Gasteiger partial charge on any atom is -0.390 e. The molecule has 0 aliphatic heterocycles. The third-order valence-corrected chi connectivity index (χ3v) is 6.26. The SMILES string of the molecule is O=C(CC(Cc1ccc(-c2cccc([N+](=O)[O-])c2)cc1)C(=O)NC1c2ccccc2CC1O)NO. The third kappa shape index (κ3) is 5.53. The van der Waals surface area contributed by atoms with Crippen LogP contribution in [0.3, 0.4) is 0 Å². The topological polar surface area (TPSA) is 142 Å². The fraction of sp³-hybridized carbons (Fsp3) is 0.231. The molecule has 3 aromatic carbocycles. The molecule has 0 heterocycles. The Morgan fingerprint density at radius 1 is 1.03 bits per heavy atom. The van der Waals surface area contributed by atoms with Crippen molar-refractivity contribution in [1.29, 1.82) is 0 Å². The highest BCUT2D eigenvalue weighted by atomic mass is 16.6. The number of amides is 2. The molecule has 3 unspecified atom stereocenters. The molecule has 9 heteroatoms. The van der Waals surface area contributed by atoms with E-state index >= 15 is 0 Å². The fourth-order valence-corrected chi connectivity index (χ4v) is 4.46. The van der Waals surface area contributed by atoms with Crippen molar-refractivity contribution in [1.82, 2.24) is 10.8 Å². The number of nitro benzene ring substituents is 1. The maximum absolute atomic E-state index is 13.2.